The molecular formula is C36H45BrFN5O4. The maximum absolute atomic E-state index is 13.9. The average Bonchev–Trinajstić information content (AvgIpc) is 3.31. The van der Waals surface area contributed by atoms with E-state index in [2.05, 4.69) is 36.4 Å². The second kappa shape index (κ2) is 15.3. The van der Waals surface area contributed by atoms with Crippen LogP contribution in [0.5, 0.6) is 0 Å². The Labute approximate surface area is 284 Å². The largest absolute Gasteiger partial charge is 0.392 e. The maximum Gasteiger partial charge on any atom is 0.239 e. The fourth-order valence-electron chi connectivity index (χ4n) is 6.59. The second-order valence-electron chi connectivity index (χ2n) is 13.9. The number of amides is 2. The second-order valence-corrected chi connectivity index (χ2v) is 14.8. The lowest BCUT2D eigenvalue weighted by Gasteiger charge is -2.42. The van der Waals surface area contributed by atoms with Crippen LogP contribution in [0.3, 0.4) is 0 Å². The molecule has 0 spiro atoms. The van der Waals surface area contributed by atoms with Gasteiger partial charge in [-0.25, -0.2) is 4.39 Å². The van der Waals surface area contributed by atoms with Crippen LogP contribution in [-0.4, -0.2) is 86.8 Å². The minimum absolute atomic E-state index is 0.110. The molecule has 0 bridgehead atoms. The van der Waals surface area contributed by atoms with E-state index in [9.17, 15) is 24.2 Å². The van der Waals surface area contributed by atoms with Gasteiger partial charge in [-0.2, -0.15) is 0 Å². The number of aromatic nitrogens is 1. The number of pyridine rings is 1. The van der Waals surface area contributed by atoms with Gasteiger partial charge in [-0.1, -0.05) is 40.2 Å². The third-order valence-corrected chi connectivity index (χ3v) is 9.32. The SMILES string of the molecule is CC(C)(C)NC(=O)[C@@H]1CN(Cc2cccnc2)CCN1C[C@@H](O)C[C@@H](Cc1ccc(F)cc1)C(=O)N[C@H]1c2cc(Br)ccc2C[C@H]1O. The van der Waals surface area contributed by atoms with Crippen molar-refractivity contribution in [1.82, 2.24) is 25.4 Å². The van der Waals surface area contributed by atoms with E-state index < -0.39 is 35.7 Å². The van der Waals surface area contributed by atoms with Crippen molar-refractivity contribution in [2.75, 3.05) is 26.2 Å². The standard InChI is InChI=1S/C36H45BrFN5O4/c1-36(2,3)41-35(47)31-22-42(20-24-5-4-12-39-19-24)13-14-43(31)21-29(44)16-26(15-23-6-10-28(38)11-7-23)34(46)40-33-30-18-27(37)9-8-25(30)17-32(33)45/h4-12,18-19,26,29,31-33,44-45H,13-17,20-22H2,1-3H3,(H,40,46)(H,41,47)/t26-,29+,31+,32-,33+/m1/s1. The molecule has 0 saturated carbocycles. The molecule has 11 heteroatoms. The number of hydrogen-bond acceptors (Lipinski definition) is 7. The monoisotopic (exact) mass is 709 g/mol. The fourth-order valence-corrected chi connectivity index (χ4v) is 6.97. The Morgan fingerprint density at radius 2 is 1.87 bits per heavy atom. The highest BCUT2D eigenvalue weighted by molar-refractivity contribution is 9.10. The van der Waals surface area contributed by atoms with Crippen molar-refractivity contribution in [3.63, 3.8) is 0 Å². The van der Waals surface area contributed by atoms with Crippen molar-refractivity contribution in [3.05, 3.63) is 99.5 Å². The predicted octanol–water partition coefficient (Wildman–Crippen LogP) is 3.77. The van der Waals surface area contributed by atoms with Crippen molar-refractivity contribution in [1.29, 1.82) is 0 Å². The lowest BCUT2D eigenvalue weighted by molar-refractivity contribution is -0.132. The van der Waals surface area contributed by atoms with Gasteiger partial charge in [0.05, 0.1) is 18.2 Å². The van der Waals surface area contributed by atoms with E-state index in [1.807, 2.05) is 62.2 Å². The van der Waals surface area contributed by atoms with Crippen LogP contribution < -0.4 is 10.6 Å². The van der Waals surface area contributed by atoms with Gasteiger partial charge in [0.25, 0.3) is 0 Å². The minimum Gasteiger partial charge on any atom is -0.392 e. The van der Waals surface area contributed by atoms with Crippen LogP contribution >= 0.6 is 15.9 Å². The highest BCUT2D eigenvalue weighted by Crippen LogP contribution is 2.34. The molecule has 0 radical (unpaired) electrons. The van der Waals surface area contributed by atoms with E-state index in [1.54, 1.807) is 18.3 Å². The van der Waals surface area contributed by atoms with Crippen LogP contribution in [0.2, 0.25) is 0 Å². The highest BCUT2D eigenvalue weighted by atomic mass is 79.9. The smallest absolute Gasteiger partial charge is 0.239 e. The van der Waals surface area contributed by atoms with Gasteiger partial charge in [-0.05, 0) is 86.2 Å². The number of piperazine rings is 1. The van der Waals surface area contributed by atoms with Crippen LogP contribution in [0.25, 0.3) is 0 Å². The van der Waals surface area contributed by atoms with Crippen LogP contribution in [0, 0.1) is 11.7 Å². The molecule has 4 N–H and O–H groups in total. The molecule has 3 aromatic rings. The summed E-state index contributed by atoms with van der Waals surface area (Å²) < 4.78 is 14.6. The molecule has 2 amide bonds. The number of nitrogens with one attached hydrogen (secondary N) is 2. The van der Waals surface area contributed by atoms with E-state index in [0.717, 1.165) is 26.7 Å². The average molecular weight is 711 g/mol. The molecule has 47 heavy (non-hydrogen) atoms. The molecule has 2 heterocycles. The highest BCUT2D eigenvalue weighted by Gasteiger charge is 2.37. The van der Waals surface area contributed by atoms with Crippen molar-refractivity contribution in [3.8, 4) is 0 Å². The van der Waals surface area contributed by atoms with Crippen molar-refractivity contribution in [2.45, 2.75) is 76.4 Å². The number of nitrogens with zero attached hydrogens (tertiary/aromatic N) is 3. The Morgan fingerprint density at radius 1 is 1.11 bits per heavy atom. The molecule has 1 aliphatic heterocycles. The molecule has 9 nitrogen and oxygen atoms in total. The van der Waals surface area contributed by atoms with Crippen LogP contribution in [0.4, 0.5) is 4.39 Å². The number of carbonyl (C=O) groups excluding carboxylic acids is 2. The fraction of sp³-hybridized carbons (Fsp3) is 0.472. The first kappa shape index (κ1) is 35.1. The Balaban J connectivity index is 1.30. The van der Waals surface area contributed by atoms with Gasteiger partial charge >= 0.3 is 0 Å². The molecule has 2 aromatic carbocycles. The van der Waals surface area contributed by atoms with Crippen LogP contribution in [-0.2, 0) is 29.0 Å². The molecule has 1 aliphatic carbocycles. The zero-order valence-electron chi connectivity index (χ0n) is 27.2. The Morgan fingerprint density at radius 3 is 2.57 bits per heavy atom. The third kappa shape index (κ3) is 9.67. The minimum atomic E-state index is -0.920. The molecule has 2 aliphatic rings. The van der Waals surface area contributed by atoms with Gasteiger partial charge in [0.15, 0.2) is 0 Å². The molecule has 5 rings (SSSR count). The lowest BCUT2D eigenvalue weighted by Crippen LogP contribution is -2.61. The van der Waals surface area contributed by atoms with E-state index in [4.69, 9.17) is 0 Å². The maximum atomic E-state index is 13.9. The Kier molecular flexibility index (Phi) is 11.5. The Hall–Kier alpha value is -3.22. The number of halogens is 2. The van der Waals surface area contributed by atoms with Crippen LogP contribution in [0.1, 0.15) is 55.5 Å². The van der Waals surface area contributed by atoms with Gasteiger partial charge in [0.2, 0.25) is 11.8 Å². The van der Waals surface area contributed by atoms with E-state index in [1.165, 1.54) is 12.1 Å². The molecule has 0 unspecified atom stereocenters. The molecule has 1 aromatic heterocycles. The Bertz CT molecular complexity index is 1520. The summed E-state index contributed by atoms with van der Waals surface area (Å²) in [7, 11) is 0. The lowest BCUT2D eigenvalue weighted by atomic mass is 9.91. The van der Waals surface area contributed by atoms with Crippen molar-refractivity contribution >= 4 is 27.7 Å². The van der Waals surface area contributed by atoms with Crippen molar-refractivity contribution < 1.29 is 24.2 Å². The first-order chi connectivity index (χ1) is 22.3. The topological polar surface area (TPSA) is 118 Å². The number of benzene rings is 2. The number of aliphatic hydroxyl groups is 2. The summed E-state index contributed by atoms with van der Waals surface area (Å²) >= 11 is 3.49. The van der Waals surface area contributed by atoms with E-state index in [0.29, 0.717) is 32.6 Å². The number of hydrogen-bond donors (Lipinski definition) is 4. The van der Waals surface area contributed by atoms with Gasteiger partial charge in [-0.3, -0.25) is 24.4 Å². The van der Waals surface area contributed by atoms with E-state index in [-0.39, 0.29) is 37.0 Å². The molecule has 1 saturated heterocycles. The predicted molar refractivity (Wildman–Crippen MR) is 182 cm³/mol. The first-order valence-electron chi connectivity index (χ1n) is 16.2. The number of rotatable bonds is 11. The summed E-state index contributed by atoms with van der Waals surface area (Å²) in [6, 6.07) is 14.6. The summed E-state index contributed by atoms with van der Waals surface area (Å²) in [6.07, 6.45) is 2.71. The zero-order valence-corrected chi connectivity index (χ0v) is 28.8. The quantitative estimate of drug-likeness (QED) is 0.240. The molecule has 5 atom stereocenters. The normalized spacial score (nSPS) is 21.6. The summed E-state index contributed by atoms with van der Waals surface area (Å²) in [4.78, 5) is 35.9. The summed E-state index contributed by atoms with van der Waals surface area (Å²) in [6.45, 7) is 8.45. The van der Waals surface area contributed by atoms with Crippen LogP contribution in [0.15, 0.2) is 71.5 Å². The number of fused-ring (bicyclic) bond motifs is 1. The summed E-state index contributed by atoms with van der Waals surface area (Å²) in [5.41, 5.74) is 3.24. The van der Waals surface area contributed by atoms with Crippen molar-refractivity contribution in [2.24, 2.45) is 5.92 Å². The molecule has 1 fully saturated rings. The first-order valence-corrected chi connectivity index (χ1v) is 17.0. The number of aliphatic hydroxyl groups excluding tert-OH is 2. The number of β-amino-alcohol motifs (C(OH)–C–C–N with tert-alkyl or cyclic N) is 1. The van der Waals surface area contributed by atoms with Gasteiger partial charge in [-0.15, -0.1) is 0 Å². The van der Waals surface area contributed by atoms with Gasteiger partial charge < -0.3 is 20.8 Å². The van der Waals surface area contributed by atoms with Gasteiger partial charge in [0, 0.05) is 67.5 Å². The van der Waals surface area contributed by atoms with E-state index >= 15 is 0 Å². The molecular weight excluding hydrogens is 665 g/mol. The molecule has 252 valence electrons. The van der Waals surface area contributed by atoms with Gasteiger partial charge in [0.1, 0.15) is 11.9 Å². The summed E-state index contributed by atoms with van der Waals surface area (Å²) in [5.74, 6) is -1.43. The summed E-state index contributed by atoms with van der Waals surface area (Å²) in [5, 5.41) is 28.5. The zero-order chi connectivity index (χ0) is 33.7. The third-order valence-electron chi connectivity index (χ3n) is 8.83. The number of carbonyl (C=O) groups is 2.